The van der Waals surface area contributed by atoms with Crippen LogP contribution in [0.25, 0.3) is 0 Å². The van der Waals surface area contributed by atoms with Crippen LogP contribution in [0.15, 0.2) is 12.3 Å². The fraction of sp³-hybridized carbons (Fsp3) is 0.444. The summed E-state index contributed by atoms with van der Waals surface area (Å²) < 4.78 is 52.8. The maximum Gasteiger partial charge on any atom is 0.257 e. The average Bonchev–Trinajstić information content (AvgIpc) is 2.70. The molecule has 3 rings (SSSR count). The number of nitriles is 1. The topological polar surface area (TPSA) is 84.2 Å². The molecule has 2 aromatic heterocycles. The standard InChI is InChI=1S/C18H17ClF3N5O2/c1-28-9-13(15-12(21)6-11(20)8-24-15)29-17-14(22)16(25-18(19)26-17)27-4-2-10(7-23)3-5-27/h6,8,10,13H,2-5,9H2,1H3. The second kappa shape index (κ2) is 9.24. The molecule has 2 aromatic rings. The number of hydrogen-bond donors (Lipinski definition) is 0. The van der Waals surface area contributed by atoms with Crippen LogP contribution >= 0.6 is 11.6 Å². The molecular formula is C18H17ClF3N5O2. The summed E-state index contributed by atoms with van der Waals surface area (Å²) in [5.41, 5.74) is -0.265. The molecule has 1 aliphatic rings. The lowest BCUT2D eigenvalue weighted by Crippen LogP contribution is -2.34. The Morgan fingerprint density at radius 3 is 2.66 bits per heavy atom. The number of halogens is 4. The van der Waals surface area contributed by atoms with Crippen molar-refractivity contribution >= 4 is 17.4 Å². The first-order chi connectivity index (χ1) is 13.9. The second-order valence-corrected chi connectivity index (χ2v) is 6.75. The largest absolute Gasteiger partial charge is 0.463 e. The van der Waals surface area contributed by atoms with Crippen LogP contribution in [-0.4, -0.2) is 41.8 Å². The Balaban J connectivity index is 1.89. The Morgan fingerprint density at radius 1 is 1.31 bits per heavy atom. The minimum atomic E-state index is -1.20. The molecule has 0 aliphatic carbocycles. The van der Waals surface area contributed by atoms with Crippen molar-refractivity contribution in [2.75, 3.05) is 31.7 Å². The zero-order valence-corrected chi connectivity index (χ0v) is 16.2. The average molecular weight is 428 g/mol. The first-order valence-electron chi connectivity index (χ1n) is 8.77. The fourth-order valence-corrected chi connectivity index (χ4v) is 3.17. The first-order valence-corrected chi connectivity index (χ1v) is 9.14. The third-order valence-electron chi connectivity index (χ3n) is 4.47. The van der Waals surface area contributed by atoms with Crippen molar-refractivity contribution in [3.05, 3.63) is 40.7 Å². The number of ether oxygens (including phenoxy) is 2. The minimum Gasteiger partial charge on any atom is -0.463 e. The van der Waals surface area contributed by atoms with Gasteiger partial charge in [-0.1, -0.05) is 0 Å². The molecule has 0 N–H and O–H groups in total. The Bertz CT molecular complexity index is 919. The molecule has 0 aromatic carbocycles. The molecule has 154 valence electrons. The molecule has 1 unspecified atom stereocenters. The number of methoxy groups -OCH3 is 1. The predicted molar refractivity (Wildman–Crippen MR) is 96.9 cm³/mol. The summed E-state index contributed by atoms with van der Waals surface area (Å²) in [6.07, 6.45) is 0.742. The minimum absolute atomic E-state index is 0.0694. The maximum absolute atomic E-state index is 15.1. The quantitative estimate of drug-likeness (QED) is 0.653. The summed E-state index contributed by atoms with van der Waals surface area (Å²) in [5.74, 6) is -3.38. The van der Waals surface area contributed by atoms with E-state index in [1.54, 1.807) is 4.90 Å². The third kappa shape index (κ3) is 4.86. The van der Waals surface area contributed by atoms with Gasteiger partial charge in [-0.25, -0.2) is 8.78 Å². The van der Waals surface area contributed by atoms with E-state index in [2.05, 4.69) is 21.0 Å². The Hall–Kier alpha value is -2.64. The fourth-order valence-electron chi connectivity index (χ4n) is 3.01. The van der Waals surface area contributed by atoms with Gasteiger partial charge in [0.2, 0.25) is 11.1 Å². The van der Waals surface area contributed by atoms with E-state index in [1.807, 2.05) is 0 Å². The van der Waals surface area contributed by atoms with E-state index >= 15 is 4.39 Å². The molecule has 0 saturated carbocycles. The highest BCUT2D eigenvalue weighted by atomic mass is 35.5. The van der Waals surface area contributed by atoms with E-state index in [1.165, 1.54) is 7.11 Å². The Kier molecular flexibility index (Phi) is 6.71. The van der Waals surface area contributed by atoms with E-state index < -0.39 is 29.4 Å². The summed E-state index contributed by atoms with van der Waals surface area (Å²) in [6, 6.07) is 2.84. The number of aromatic nitrogens is 3. The van der Waals surface area contributed by atoms with Gasteiger partial charge in [0.05, 0.1) is 18.9 Å². The molecule has 1 fully saturated rings. The monoisotopic (exact) mass is 427 g/mol. The number of nitrogens with zero attached hydrogens (tertiary/aromatic N) is 5. The summed E-state index contributed by atoms with van der Waals surface area (Å²) in [4.78, 5) is 13.0. The molecule has 1 aliphatic heterocycles. The van der Waals surface area contributed by atoms with Gasteiger partial charge in [-0.05, 0) is 24.4 Å². The maximum atomic E-state index is 15.1. The second-order valence-electron chi connectivity index (χ2n) is 6.41. The van der Waals surface area contributed by atoms with E-state index in [4.69, 9.17) is 26.3 Å². The van der Waals surface area contributed by atoms with Crippen molar-refractivity contribution in [3.8, 4) is 11.9 Å². The van der Waals surface area contributed by atoms with Gasteiger partial charge in [0.15, 0.2) is 17.7 Å². The van der Waals surface area contributed by atoms with Crippen molar-refractivity contribution in [2.45, 2.75) is 18.9 Å². The smallest absolute Gasteiger partial charge is 0.257 e. The summed E-state index contributed by atoms with van der Waals surface area (Å²) in [6.45, 7) is 0.634. The zero-order valence-electron chi connectivity index (χ0n) is 15.4. The van der Waals surface area contributed by atoms with Crippen LogP contribution in [0.2, 0.25) is 5.28 Å². The van der Waals surface area contributed by atoms with E-state index in [-0.39, 0.29) is 29.3 Å². The van der Waals surface area contributed by atoms with Gasteiger partial charge in [0.1, 0.15) is 11.5 Å². The first kappa shape index (κ1) is 21.1. The lowest BCUT2D eigenvalue weighted by atomic mass is 9.99. The Labute approximate surface area is 170 Å². The molecule has 0 amide bonds. The highest BCUT2D eigenvalue weighted by Crippen LogP contribution is 2.32. The lowest BCUT2D eigenvalue weighted by Gasteiger charge is -2.30. The molecule has 0 radical (unpaired) electrons. The van der Waals surface area contributed by atoms with E-state index in [9.17, 15) is 8.78 Å². The molecule has 7 nitrogen and oxygen atoms in total. The van der Waals surface area contributed by atoms with Crippen LogP contribution in [0.1, 0.15) is 24.6 Å². The van der Waals surface area contributed by atoms with Crippen LogP contribution < -0.4 is 9.64 Å². The number of pyridine rings is 1. The van der Waals surface area contributed by atoms with Crippen LogP contribution in [0.3, 0.4) is 0 Å². The zero-order chi connectivity index (χ0) is 21.0. The van der Waals surface area contributed by atoms with Gasteiger partial charge in [-0.2, -0.15) is 19.6 Å². The van der Waals surface area contributed by atoms with Gasteiger partial charge >= 0.3 is 0 Å². The SMILES string of the molecule is COCC(Oc1nc(Cl)nc(N2CCC(C#N)CC2)c1F)c1ncc(F)cc1F. The van der Waals surface area contributed by atoms with Gasteiger partial charge in [-0.3, -0.25) is 4.98 Å². The third-order valence-corrected chi connectivity index (χ3v) is 4.64. The summed E-state index contributed by atoms with van der Waals surface area (Å²) in [5, 5.41) is 8.75. The molecule has 0 spiro atoms. The predicted octanol–water partition coefficient (Wildman–Crippen LogP) is 3.45. The Morgan fingerprint density at radius 2 is 2.03 bits per heavy atom. The van der Waals surface area contributed by atoms with E-state index in [0.29, 0.717) is 32.0 Å². The van der Waals surface area contributed by atoms with Gasteiger partial charge in [0.25, 0.3) is 5.88 Å². The van der Waals surface area contributed by atoms with Crippen molar-refractivity contribution in [3.63, 3.8) is 0 Å². The molecular weight excluding hydrogens is 411 g/mol. The van der Waals surface area contributed by atoms with Gasteiger partial charge in [0, 0.05) is 32.2 Å². The highest BCUT2D eigenvalue weighted by Gasteiger charge is 2.28. The molecule has 1 atom stereocenters. The van der Waals surface area contributed by atoms with Crippen molar-refractivity contribution in [1.82, 2.24) is 15.0 Å². The van der Waals surface area contributed by atoms with E-state index in [0.717, 1.165) is 6.20 Å². The van der Waals surface area contributed by atoms with Crippen LogP contribution in [0.5, 0.6) is 5.88 Å². The van der Waals surface area contributed by atoms with Crippen molar-refractivity contribution < 1.29 is 22.6 Å². The molecule has 0 bridgehead atoms. The number of piperidine rings is 1. The molecule has 1 saturated heterocycles. The van der Waals surface area contributed by atoms with Crippen molar-refractivity contribution in [2.24, 2.45) is 5.92 Å². The number of hydrogen-bond acceptors (Lipinski definition) is 7. The normalized spacial score (nSPS) is 15.8. The lowest BCUT2D eigenvalue weighted by molar-refractivity contribution is 0.0695. The van der Waals surface area contributed by atoms with Crippen molar-refractivity contribution in [1.29, 1.82) is 5.26 Å². The molecule has 3 heterocycles. The number of anilines is 1. The summed E-state index contributed by atoms with van der Waals surface area (Å²) >= 11 is 5.94. The van der Waals surface area contributed by atoms with Crippen LogP contribution in [-0.2, 0) is 4.74 Å². The number of rotatable bonds is 6. The van der Waals surface area contributed by atoms with Gasteiger partial charge < -0.3 is 14.4 Å². The van der Waals surface area contributed by atoms with Crippen LogP contribution in [0.4, 0.5) is 19.0 Å². The molecule has 29 heavy (non-hydrogen) atoms. The highest BCUT2D eigenvalue weighted by molar-refractivity contribution is 6.28. The van der Waals surface area contributed by atoms with Gasteiger partial charge in [-0.15, -0.1) is 0 Å². The van der Waals surface area contributed by atoms with Crippen LogP contribution in [0, 0.1) is 34.7 Å². The summed E-state index contributed by atoms with van der Waals surface area (Å²) in [7, 11) is 1.34. The molecule has 11 heteroatoms.